The van der Waals surface area contributed by atoms with Gasteiger partial charge < -0.3 is 0 Å². The Bertz CT molecular complexity index is 2190. The third kappa shape index (κ3) is 7.99. The van der Waals surface area contributed by atoms with Crippen molar-refractivity contribution < 1.29 is 0 Å². The first-order valence-electron chi connectivity index (χ1n) is 15.3. The van der Waals surface area contributed by atoms with E-state index in [2.05, 4.69) is 66.1 Å². The second kappa shape index (κ2) is 15.2. The Morgan fingerprint density at radius 2 is 0.426 bits per heavy atom. The molecule has 216 valence electrons. The van der Waals surface area contributed by atoms with Crippen LogP contribution in [0, 0.1) is 66.1 Å². The predicted octanol–water partition coefficient (Wildman–Crippen LogP) is 8.99. The van der Waals surface area contributed by atoms with Gasteiger partial charge in [0.15, 0.2) is 0 Å². The smallest absolute Gasteiger partial charge is 0.0588 e. The molecule has 0 bridgehead atoms. The van der Waals surface area contributed by atoms with Gasteiger partial charge in [0.05, 0.1) is 16.7 Å². The Morgan fingerprint density at radius 3 is 0.660 bits per heavy atom. The molecule has 0 heteroatoms. The van der Waals surface area contributed by atoms with Gasteiger partial charge in [-0.2, -0.15) is 0 Å². The summed E-state index contributed by atoms with van der Waals surface area (Å²) in [6.07, 6.45) is 0. The molecule has 0 aliphatic heterocycles. The molecule has 0 heterocycles. The van der Waals surface area contributed by atoms with Crippen LogP contribution in [0.25, 0.3) is 0 Å². The van der Waals surface area contributed by atoms with Crippen molar-refractivity contribution in [3.8, 4) is 59.2 Å². The van der Waals surface area contributed by atoms with Crippen LogP contribution in [-0.4, -0.2) is 0 Å². The predicted molar refractivity (Wildman–Crippen MR) is 193 cm³/mol. The van der Waals surface area contributed by atoms with E-state index in [1.807, 2.05) is 152 Å². The highest BCUT2D eigenvalue weighted by Crippen LogP contribution is 2.27. The minimum absolute atomic E-state index is 0.709. The molecule has 6 rings (SSSR count). The fraction of sp³-hybridized carbons (Fsp3) is 0.0213. The molecule has 0 amide bonds. The maximum Gasteiger partial charge on any atom is 0.0588 e. The Labute approximate surface area is 278 Å². The molecule has 0 spiro atoms. The summed E-state index contributed by atoms with van der Waals surface area (Å²) < 4.78 is 0. The van der Waals surface area contributed by atoms with Gasteiger partial charge in [-0.3, -0.25) is 0 Å². The molecule has 0 saturated carbocycles. The van der Waals surface area contributed by atoms with Gasteiger partial charge in [0.2, 0.25) is 0 Å². The first kappa shape index (κ1) is 30.2. The van der Waals surface area contributed by atoms with Crippen LogP contribution in [0.1, 0.15) is 61.2 Å². The molecule has 0 aromatic heterocycles. The number of benzene rings is 6. The van der Waals surface area contributed by atoms with Gasteiger partial charge in [-0.15, -0.1) is 0 Å². The maximum atomic E-state index is 3.48. The van der Waals surface area contributed by atoms with Crippen LogP contribution >= 0.6 is 0 Å². The Kier molecular flexibility index (Phi) is 9.76. The van der Waals surface area contributed by atoms with Crippen LogP contribution in [0.15, 0.2) is 152 Å². The van der Waals surface area contributed by atoms with Crippen LogP contribution in [0.5, 0.6) is 0 Å². The van der Waals surface area contributed by atoms with Gasteiger partial charge in [0.25, 0.3) is 0 Å². The molecule has 47 heavy (non-hydrogen) atoms. The van der Waals surface area contributed by atoms with Gasteiger partial charge >= 0.3 is 0 Å². The topological polar surface area (TPSA) is 0 Å². The van der Waals surface area contributed by atoms with E-state index in [4.69, 9.17) is 0 Å². The molecule has 0 saturated heterocycles. The Hall–Kier alpha value is -6.88. The summed E-state index contributed by atoms with van der Waals surface area (Å²) in [4.78, 5) is 0. The highest BCUT2D eigenvalue weighted by molar-refractivity contribution is 5.75. The molecular weight excluding hydrogens is 565 g/mol. The van der Waals surface area contributed by atoms with Gasteiger partial charge in [0.1, 0.15) is 0 Å². The van der Waals surface area contributed by atoms with Crippen LogP contribution in [-0.2, 0) is 0 Å². The Balaban J connectivity index is 1.71. The van der Waals surface area contributed by atoms with E-state index in [0.717, 1.165) is 55.6 Å². The standard InChI is InChI=1S/C47H28/c1-37-43(32-27-38-17-7-2-8-18-38)45(34-29-40-21-11-4-12-22-40)47(36-31-42-25-15-6-16-26-42)46(35-30-41-23-13-5-14-24-41)44(37)33-28-39-19-9-3-10-20-39/h2-26H,1H3. The summed E-state index contributed by atoms with van der Waals surface area (Å²) in [6.45, 7) is 2.06. The van der Waals surface area contributed by atoms with Gasteiger partial charge in [0, 0.05) is 38.9 Å². The van der Waals surface area contributed by atoms with Crippen molar-refractivity contribution in [1.29, 1.82) is 0 Å². The lowest BCUT2D eigenvalue weighted by Gasteiger charge is -2.13. The molecule has 6 aromatic carbocycles. The van der Waals surface area contributed by atoms with Crippen molar-refractivity contribution in [3.05, 3.63) is 213 Å². The summed E-state index contributed by atoms with van der Waals surface area (Å²) >= 11 is 0. The van der Waals surface area contributed by atoms with E-state index in [0.29, 0.717) is 5.56 Å². The lowest BCUT2D eigenvalue weighted by Crippen LogP contribution is -2.04. The molecule has 0 atom stereocenters. The highest BCUT2D eigenvalue weighted by atomic mass is 14.2. The van der Waals surface area contributed by atoms with E-state index in [1.54, 1.807) is 0 Å². The zero-order valence-corrected chi connectivity index (χ0v) is 25.9. The average Bonchev–Trinajstić information content (AvgIpc) is 3.14. The van der Waals surface area contributed by atoms with E-state index in [9.17, 15) is 0 Å². The normalized spacial score (nSPS) is 9.38. The zero-order chi connectivity index (χ0) is 32.1. The van der Waals surface area contributed by atoms with Crippen molar-refractivity contribution in [1.82, 2.24) is 0 Å². The molecule has 0 unspecified atom stereocenters. The van der Waals surface area contributed by atoms with E-state index >= 15 is 0 Å². The van der Waals surface area contributed by atoms with Crippen molar-refractivity contribution >= 4 is 0 Å². The summed E-state index contributed by atoms with van der Waals surface area (Å²) in [5, 5.41) is 0. The summed E-state index contributed by atoms with van der Waals surface area (Å²) in [7, 11) is 0. The number of hydrogen-bond donors (Lipinski definition) is 0. The molecule has 0 aliphatic rings. The average molecular weight is 593 g/mol. The molecule has 0 fully saturated rings. The molecule has 0 nitrogen and oxygen atoms in total. The number of hydrogen-bond acceptors (Lipinski definition) is 0. The third-order valence-electron chi connectivity index (χ3n) is 7.28. The van der Waals surface area contributed by atoms with Gasteiger partial charge in [-0.25, -0.2) is 0 Å². The van der Waals surface area contributed by atoms with Gasteiger partial charge in [-0.05, 0) is 73.2 Å². The Morgan fingerprint density at radius 1 is 0.234 bits per heavy atom. The minimum Gasteiger partial charge on any atom is -0.0622 e. The fourth-order valence-corrected chi connectivity index (χ4v) is 4.84. The van der Waals surface area contributed by atoms with Crippen LogP contribution in [0.3, 0.4) is 0 Å². The quantitative estimate of drug-likeness (QED) is 0.155. The van der Waals surface area contributed by atoms with Crippen molar-refractivity contribution in [2.75, 3.05) is 0 Å². The van der Waals surface area contributed by atoms with Crippen LogP contribution in [0.4, 0.5) is 0 Å². The SMILES string of the molecule is Cc1c(C#Cc2ccccc2)c(C#Cc2ccccc2)c(C#Cc2ccccc2)c(C#Cc2ccccc2)c1C#Cc1ccccc1. The summed E-state index contributed by atoms with van der Waals surface area (Å²) in [6, 6.07) is 49.8. The molecule has 0 aliphatic carbocycles. The second-order valence-corrected chi connectivity index (χ2v) is 10.6. The molecule has 6 aromatic rings. The molecule has 0 N–H and O–H groups in total. The van der Waals surface area contributed by atoms with Crippen LogP contribution < -0.4 is 0 Å². The lowest BCUT2D eigenvalue weighted by molar-refractivity contribution is 1.35. The van der Waals surface area contributed by atoms with E-state index in [1.165, 1.54) is 0 Å². The summed E-state index contributed by atoms with van der Waals surface area (Å²) in [5.74, 6) is 34.3. The molecular formula is C47H28. The zero-order valence-electron chi connectivity index (χ0n) is 25.9. The van der Waals surface area contributed by atoms with Crippen molar-refractivity contribution in [2.24, 2.45) is 0 Å². The first-order valence-corrected chi connectivity index (χ1v) is 15.3. The maximum absolute atomic E-state index is 3.48. The van der Waals surface area contributed by atoms with Crippen molar-refractivity contribution in [3.63, 3.8) is 0 Å². The van der Waals surface area contributed by atoms with E-state index < -0.39 is 0 Å². The monoisotopic (exact) mass is 592 g/mol. The fourth-order valence-electron chi connectivity index (χ4n) is 4.84. The lowest BCUT2D eigenvalue weighted by atomic mass is 9.87. The van der Waals surface area contributed by atoms with E-state index in [-0.39, 0.29) is 0 Å². The minimum atomic E-state index is 0.709. The number of rotatable bonds is 0. The van der Waals surface area contributed by atoms with Crippen LogP contribution in [0.2, 0.25) is 0 Å². The molecule has 0 radical (unpaired) electrons. The largest absolute Gasteiger partial charge is 0.0622 e. The summed E-state index contributed by atoms with van der Waals surface area (Å²) in [5.41, 5.74) is 9.20. The second-order valence-electron chi connectivity index (χ2n) is 10.6. The van der Waals surface area contributed by atoms with Gasteiger partial charge in [-0.1, -0.05) is 150 Å². The third-order valence-corrected chi connectivity index (χ3v) is 7.28. The first-order chi connectivity index (χ1) is 23.2. The van der Waals surface area contributed by atoms with Crippen molar-refractivity contribution in [2.45, 2.75) is 6.92 Å². The highest BCUT2D eigenvalue weighted by Gasteiger charge is 2.18.